The summed E-state index contributed by atoms with van der Waals surface area (Å²) >= 11 is 0. The van der Waals surface area contributed by atoms with E-state index < -0.39 is 6.43 Å². The molecular formula is C18H17F2N9O. The molecule has 4 aromatic rings. The van der Waals surface area contributed by atoms with Crippen LogP contribution in [0.1, 0.15) is 12.1 Å². The van der Waals surface area contributed by atoms with Crippen LogP contribution in [0.4, 0.5) is 14.6 Å². The lowest BCUT2D eigenvalue weighted by molar-refractivity contribution is 0.0293. The van der Waals surface area contributed by atoms with Crippen LogP contribution in [-0.2, 0) is 11.3 Å². The van der Waals surface area contributed by atoms with Crippen molar-refractivity contribution >= 4 is 11.5 Å². The molecule has 0 N–H and O–H groups in total. The molecule has 0 spiro atoms. The van der Waals surface area contributed by atoms with E-state index in [9.17, 15) is 8.78 Å². The van der Waals surface area contributed by atoms with Crippen LogP contribution in [0.15, 0.2) is 43.4 Å². The van der Waals surface area contributed by atoms with E-state index in [-0.39, 0.29) is 11.8 Å². The maximum Gasteiger partial charge on any atom is 0.282 e. The van der Waals surface area contributed by atoms with Crippen molar-refractivity contribution in [1.29, 1.82) is 0 Å². The summed E-state index contributed by atoms with van der Waals surface area (Å²) < 4.78 is 35.2. The monoisotopic (exact) mass is 413 g/mol. The van der Waals surface area contributed by atoms with Gasteiger partial charge in [-0.1, -0.05) is 0 Å². The predicted molar refractivity (Wildman–Crippen MR) is 101 cm³/mol. The number of alkyl halides is 2. The van der Waals surface area contributed by atoms with Gasteiger partial charge in [0.05, 0.1) is 31.1 Å². The van der Waals surface area contributed by atoms with E-state index in [0.29, 0.717) is 43.3 Å². The molecule has 0 aromatic carbocycles. The van der Waals surface area contributed by atoms with Crippen LogP contribution in [0.2, 0.25) is 0 Å². The van der Waals surface area contributed by atoms with E-state index in [2.05, 4.69) is 35.1 Å². The second-order valence-electron chi connectivity index (χ2n) is 6.83. The first-order valence-electron chi connectivity index (χ1n) is 9.31. The SMILES string of the molecule is FC(F)c1ccc2ncc(-c3cc(N4CCOC(Cn5cnnc5)C4)ncn3)n2n1. The van der Waals surface area contributed by atoms with Crippen LogP contribution in [0, 0.1) is 0 Å². The van der Waals surface area contributed by atoms with Gasteiger partial charge in [-0.2, -0.15) is 5.10 Å². The first-order valence-corrected chi connectivity index (χ1v) is 9.31. The standard InChI is InChI=1S/C18H17F2N9O/c19-18(20)13-1-2-16-21-6-15(29(16)26-13)14-5-17(23-9-22-14)28-3-4-30-12(8-28)7-27-10-24-25-11-27/h1-2,5-6,9-12,18H,3-4,7-8H2. The Balaban J connectivity index is 1.41. The number of nitrogens with zero attached hydrogens (tertiary/aromatic N) is 9. The predicted octanol–water partition coefficient (Wildman–Crippen LogP) is 1.62. The molecule has 154 valence electrons. The highest BCUT2D eigenvalue weighted by molar-refractivity contribution is 5.62. The first-order chi connectivity index (χ1) is 14.7. The summed E-state index contributed by atoms with van der Waals surface area (Å²) in [6.45, 7) is 2.50. The maximum absolute atomic E-state index is 13.1. The molecule has 5 rings (SSSR count). The smallest absolute Gasteiger partial charge is 0.282 e. The van der Waals surface area contributed by atoms with Crippen molar-refractivity contribution in [2.24, 2.45) is 0 Å². The molecule has 1 saturated heterocycles. The molecule has 1 aliphatic heterocycles. The summed E-state index contributed by atoms with van der Waals surface area (Å²) in [7, 11) is 0. The Hall–Kier alpha value is -3.54. The Kier molecular flexibility index (Phi) is 4.75. The van der Waals surface area contributed by atoms with Gasteiger partial charge in [0, 0.05) is 19.2 Å². The Morgan fingerprint density at radius 3 is 2.83 bits per heavy atom. The number of ether oxygens (including phenoxy) is 1. The van der Waals surface area contributed by atoms with E-state index >= 15 is 0 Å². The van der Waals surface area contributed by atoms with Gasteiger partial charge in [0.1, 0.15) is 36.2 Å². The number of rotatable bonds is 5. The highest BCUT2D eigenvalue weighted by Gasteiger charge is 2.23. The molecule has 5 heterocycles. The zero-order valence-corrected chi connectivity index (χ0v) is 15.7. The van der Waals surface area contributed by atoms with Crippen molar-refractivity contribution in [3.8, 4) is 11.4 Å². The lowest BCUT2D eigenvalue weighted by atomic mass is 10.2. The van der Waals surface area contributed by atoms with Crippen molar-refractivity contribution in [2.45, 2.75) is 19.1 Å². The summed E-state index contributed by atoms with van der Waals surface area (Å²) in [5, 5.41) is 11.6. The number of aromatic nitrogens is 8. The summed E-state index contributed by atoms with van der Waals surface area (Å²) in [6, 6.07) is 4.59. The summed E-state index contributed by atoms with van der Waals surface area (Å²) in [5.74, 6) is 0.719. The first kappa shape index (κ1) is 18.5. The third-order valence-electron chi connectivity index (χ3n) is 4.87. The highest BCUT2D eigenvalue weighted by Crippen LogP contribution is 2.24. The molecule has 0 bridgehead atoms. The number of hydrogen-bond acceptors (Lipinski definition) is 8. The zero-order chi connectivity index (χ0) is 20.5. The molecule has 0 amide bonds. The molecule has 1 unspecified atom stereocenters. The Morgan fingerprint density at radius 1 is 1.13 bits per heavy atom. The van der Waals surface area contributed by atoms with Crippen LogP contribution >= 0.6 is 0 Å². The molecular weight excluding hydrogens is 396 g/mol. The maximum atomic E-state index is 13.1. The molecule has 4 aromatic heterocycles. The van der Waals surface area contributed by atoms with Crippen LogP contribution in [0.25, 0.3) is 17.0 Å². The van der Waals surface area contributed by atoms with Gasteiger partial charge in [-0.3, -0.25) is 0 Å². The molecule has 10 nitrogen and oxygen atoms in total. The van der Waals surface area contributed by atoms with E-state index in [1.807, 2.05) is 4.57 Å². The molecule has 0 saturated carbocycles. The second kappa shape index (κ2) is 7.71. The molecule has 1 atom stereocenters. The van der Waals surface area contributed by atoms with Gasteiger partial charge in [0.25, 0.3) is 6.43 Å². The summed E-state index contributed by atoms with van der Waals surface area (Å²) in [5.41, 5.74) is 1.22. The van der Waals surface area contributed by atoms with Crippen molar-refractivity contribution in [3.63, 3.8) is 0 Å². The fourth-order valence-corrected chi connectivity index (χ4v) is 3.43. The number of imidazole rings is 1. The number of halogens is 2. The van der Waals surface area contributed by atoms with E-state index in [1.54, 1.807) is 24.9 Å². The largest absolute Gasteiger partial charge is 0.373 e. The van der Waals surface area contributed by atoms with Gasteiger partial charge in [0.2, 0.25) is 0 Å². The van der Waals surface area contributed by atoms with Crippen LogP contribution in [0.5, 0.6) is 0 Å². The summed E-state index contributed by atoms with van der Waals surface area (Å²) in [6.07, 6.45) is 3.61. The van der Waals surface area contributed by atoms with Gasteiger partial charge in [-0.05, 0) is 12.1 Å². The van der Waals surface area contributed by atoms with Crippen LogP contribution in [0.3, 0.4) is 0 Å². The lowest BCUT2D eigenvalue weighted by Crippen LogP contribution is -2.44. The second-order valence-corrected chi connectivity index (χ2v) is 6.83. The zero-order valence-electron chi connectivity index (χ0n) is 15.7. The molecule has 30 heavy (non-hydrogen) atoms. The highest BCUT2D eigenvalue weighted by atomic mass is 19.3. The average molecular weight is 413 g/mol. The van der Waals surface area contributed by atoms with Crippen LogP contribution < -0.4 is 4.90 Å². The van der Waals surface area contributed by atoms with Gasteiger partial charge in [-0.25, -0.2) is 28.2 Å². The Bertz CT molecular complexity index is 1150. The number of anilines is 1. The minimum Gasteiger partial charge on any atom is -0.373 e. The Morgan fingerprint density at radius 2 is 2.00 bits per heavy atom. The van der Waals surface area contributed by atoms with Crippen molar-refractivity contribution in [3.05, 3.63) is 49.1 Å². The van der Waals surface area contributed by atoms with E-state index in [0.717, 1.165) is 5.82 Å². The van der Waals surface area contributed by atoms with E-state index in [4.69, 9.17) is 4.74 Å². The fourth-order valence-electron chi connectivity index (χ4n) is 3.43. The number of morpholine rings is 1. The van der Waals surface area contributed by atoms with Crippen LogP contribution in [-0.4, -0.2) is 65.1 Å². The van der Waals surface area contributed by atoms with E-state index in [1.165, 1.54) is 23.0 Å². The molecule has 1 fully saturated rings. The third-order valence-corrected chi connectivity index (χ3v) is 4.87. The van der Waals surface area contributed by atoms with Gasteiger partial charge >= 0.3 is 0 Å². The topological polar surface area (TPSA) is 99.2 Å². The van der Waals surface area contributed by atoms with Crippen molar-refractivity contribution in [1.82, 2.24) is 39.3 Å². The van der Waals surface area contributed by atoms with Crippen molar-refractivity contribution < 1.29 is 13.5 Å². The quantitative estimate of drug-likeness (QED) is 0.487. The third kappa shape index (κ3) is 3.56. The van der Waals surface area contributed by atoms with Gasteiger partial charge in [0.15, 0.2) is 5.65 Å². The van der Waals surface area contributed by atoms with Crippen molar-refractivity contribution in [2.75, 3.05) is 24.6 Å². The number of hydrogen-bond donors (Lipinski definition) is 0. The molecule has 0 aliphatic carbocycles. The molecule has 0 radical (unpaired) electrons. The fraction of sp³-hybridized carbons (Fsp3) is 0.333. The summed E-state index contributed by atoms with van der Waals surface area (Å²) in [4.78, 5) is 15.0. The minimum absolute atomic E-state index is 0.0424. The Labute approximate surface area is 169 Å². The van der Waals surface area contributed by atoms with Gasteiger partial charge in [-0.15, -0.1) is 10.2 Å². The average Bonchev–Trinajstić information content (AvgIpc) is 3.43. The lowest BCUT2D eigenvalue weighted by Gasteiger charge is -2.33. The normalized spacial score (nSPS) is 17.2. The molecule has 1 aliphatic rings. The van der Waals surface area contributed by atoms with Gasteiger partial charge < -0.3 is 14.2 Å². The minimum atomic E-state index is -2.67. The number of fused-ring (bicyclic) bond motifs is 1. The molecule has 12 heteroatoms.